The largest absolute Gasteiger partial charge is 0.356 e. The maximum atomic E-state index is 12.2. The standard InChI is InChI=1S/C14H22N4O3/c1-9(2)14(21)12(6-11-7-15-8-17-11)18-13(20)4-5-16-10(3)19/h7-9,12H,4-6H2,1-3H3,(H,15,17)(H,16,19)(H,18,20)/t12-/m0/s1. The van der Waals surface area contributed by atoms with Gasteiger partial charge in [0.1, 0.15) is 0 Å². The molecule has 0 saturated heterocycles. The topological polar surface area (TPSA) is 104 Å². The molecule has 0 aliphatic rings. The summed E-state index contributed by atoms with van der Waals surface area (Å²) in [6, 6.07) is -0.588. The van der Waals surface area contributed by atoms with Crippen LogP contribution in [-0.2, 0) is 20.8 Å². The number of carbonyl (C=O) groups excluding carboxylic acids is 3. The first-order chi connectivity index (χ1) is 9.90. The predicted octanol–water partition coefficient (Wildman–Crippen LogP) is 0.188. The van der Waals surface area contributed by atoms with E-state index >= 15 is 0 Å². The molecule has 116 valence electrons. The van der Waals surface area contributed by atoms with E-state index in [1.165, 1.54) is 13.3 Å². The molecule has 3 N–H and O–H groups in total. The van der Waals surface area contributed by atoms with E-state index in [0.717, 1.165) is 5.69 Å². The number of imidazole rings is 1. The number of aromatic amines is 1. The van der Waals surface area contributed by atoms with E-state index in [-0.39, 0.29) is 36.5 Å². The van der Waals surface area contributed by atoms with Crippen molar-refractivity contribution in [2.45, 2.75) is 39.7 Å². The van der Waals surface area contributed by atoms with Crippen molar-refractivity contribution < 1.29 is 14.4 Å². The van der Waals surface area contributed by atoms with Gasteiger partial charge in [-0.15, -0.1) is 0 Å². The Hall–Kier alpha value is -2.18. The smallest absolute Gasteiger partial charge is 0.222 e. The molecule has 2 amide bonds. The van der Waals surface area contributed by atoms with Crippen LogP contribution >= 0.6 is 0 Å². The highest BCUT2D eigenvalue weighted by molar-refractivity contribution is 5.90. The van der Waals surface area contributed by atoms with Crippen LogP contribution in [0.5, 0.6) is 0 Å². The fourth-order valence-electron chi connectivity index (χ4n) is 1.86. The zero-order valence-electron chi connectivity index (χ0n) is 12.6. The van der Waals surface area contributed by atoms with Gasteiger partial charge in [0, 0.05) is 44.1 Å². The first kappa shape index (κ1) is 16.9. The summed E-state index contributed by atoms with van der Waals surface area (Å²) in [5.74, 6) is -0.650. The second-order valence-electron chi connectivity index (χ2n) is 5.19. The Morgan fingerprint density at radius 1 is 1.33 bits per heavy atom. The third-order valence-corrected chi connectivity index (χ3v) is 2.95. The van der Waals surface area contributed by atoms with Crippen LogP contribution in [0.1, 0.15) is 32.9 Å². The highest BCUT2D eigenvalue weighted by Gasteiger charge is 2.23. The summed E-state index contributed by atoms with van der Waals surface area (Å²) in [7, 11) is 0. The van der Waals surface area contributed by atoms with Crippen molar-refractivity contribution in [3.8, 4) is 0 Å². The van der Waals surface area contributed by atoms with Crippen LogP contribution in [0.4, 0.5) is 0 Å². The molecule has 1 heterocycles. The molecule has 0 spiro atoms. The molecular formula is C14H22N4O3. The zero-order chi connectivity index (χ0) is 15.8. The number of H-pyrrole nitrogens is 1. The van der Waals surface area contributed by atoms with Gasteiger partial charge >= 0.3 is 0 Å². The molecule has 7 heteroatoms. The number of rotatable bonds is 8. The maximum absolute atomic E-state index is 12.2. The number of hydrogen-bond donors (Lipinski definition) is 3. The van der Waals surface area contributed by atoms with Gasteiger partial charge in [-0.25, -0.2) is 4.98 Å². The van der Waals surface area contributed by atoms with Crippen molar-refractivity contribution in [3.63, 3.8) is 0 Å². The van der Waals surface area contributed by atoms with Crippen molar-refractivity contribution >= 4 is 17.6 Å². The average molecular weight is 294 g/mol. The molecule has 0 aliphatic heterocycles. The lowest BCUT2D eigenvalue weighted by atomic mass is 9.98. The van der Waals surface area contributed by atoms with Crippen LogP contribution in [0.25, 0.3) is 0 Å². The molecule has 21 heavy (non-hydrogen) atoms. The summed E-state index contributed by atoms with van der Waals surface area (Å²) >= 11 is 0. The molecule has 0 saturated carbocycles. The second-order valence-corrected chi connectivity index (χ2v) is 5.19. The fraction of sp³-hybridized carbons (Fsp3) is 0.571. The monoisotopic (exact) mass is 294 g/mol. The quantitative estimate of drug-likeness (QED) is 0.636. The summed E-state index contributed by atoms with van der Waals surface area (Å²) in [4.78, 5) is 41.6. The molecule has 0 aliphatic carbocycles. The molecule has 0 aromatic carbocycles. The highest BCUT2D eigenvalue weighted by Crippen LogP contribution is 2.06. The van der Waals surface area contributed by atoms with Gasteiger partial charge in [-0.05, 0) is 0 Å². The molecule has 1 rings (SSSR count). The van der Waals surface area contributed by atoms with E-state index in [1.807, 2.05) is 0 Å². The van der Waals surface area contributed by atoms with Crippen LogP contribution in [-0.4, -0.2) is 40.2 Å². The minimum absolute atomic E-state index is 0.0301. The number of carbonyl (C=O) groups is 3. The Morgan fingerprint density at radius 2 is 2.05 bits per heavy atom. The zero-order valence-corrected chi connectivity index (χ0v) is 12.6. The van der Waals surface area contributed by atoms with Crippen molar-refractivity contribution in [2.75, 3.05) is 6.54 Å². The van der Waals surface area contributed by atoms with Crippen LogP contribution in [0.15, 0.2) is 12.5 Å². The maximum Gasteiger partial charge on any atom is 0.222 e. The summed E-state index contributed by atoms with van der Waals surface area (Å²) in [5.41, 5.74) is 0.788. The van der Waals surface area contributed by atoms with Crippen molar-refractivity contribution in [1.82, 2.24) is 20.6 Å². The number of Topliss-reactive ketones (excluding diaryl/α,β-unsaturated/α-hetero) is 1. The average Bonchev–Trinajstić information content (AvgIpc) is 2.89. The second kappa shape index (κ2) is 8.18. The van der Waals surface area contributed by atoms with E-state index < -0.39 is 6.04 Å². The molecule has 1 aromatic heterocycles. The molecule has 0 fully saturated rings. The van der Waals surface area contributed by atoms with Gasteiger partial charge in [0.2, 0.25) is 11.8 Å². The van der Waals surface area contributed by atoms with E-state index in [4.69, 9.17) is 0 Å². The van der Waals surface area contributed by atoms with Gasteiger partial charge in [-0.3, -0.25) is 14.4 Å². The van der Waals surface area contributed by atoms with E-state index in [2.05, 4.69) is 20.6 Å². The van der Waals surface area contributed by atoms with Gasteiger partial charge in [0.15, 0.2) is 5.78 Å². The lowest BCUT2D eigenvalue weighted by Crippen LogP contribution is -2.45. The van der Waals surface area contributed by atoms with Gasteiger partial charge in [0.05, 0.1) is 12.4 Å². The summed E-state index contributed by atoms with van der Waals surface area (Å²) < 4.78 is 0. The van der Waals surface area contributed by atoms with Crippen LogP contribution in [0.3, 0.4) is 0 Å². The van der Waals surface area contributed by atoms with Crippen LogP contribution in [0.2, 0.25) is 0 Å². The lowest BCUT2D eigenvalue weighted by Gasteiger charge is -2.19. The van der Waals surface area contributed by atoms with Crippen molar-refractivity contribution in [3.05, 3.63) is 18.2 Å². The molecule has 1 atom stereocenters. The Morgan fingerprint density at radius 3 is 2.57 bits per heavy atom. The van der Waals surface area contributed by atoms with Gasteiger partial charge in [0.25, 0.3) is 0 Å². The molecule has 0 radical (unpaired) electrons. The molecule has 1 aromatic rings. The molecule has 0 unspecified atom stereocenters. The van der Waals surface area contributed by atoms with Gasteiger partial charge < -0.3 is 15.6 Å². The number of nitrogens with one attached hydrogen (secondary N) is 3. The molecule has 7 nitrogen and oxygen atoms in total. The summed E-state index contributed by atoms with van der Waals surface area (Å²) in [6.45, 7) is 5.24. The number of amides is 2. The minimum atomic E-state index is -0.588. The Labute approximate surface area is 123 Å². The third kappa shape index (κ3) is 6.20. The highest BCUT2D eigenvalue weighted by atomic mass is 16.2. The minimum Gasteiger partial charge on any atom is -0.356 e. The summed E-state index contributed by atoms with van der Waals surface area (Å²) in [6.07, 6.45) is 3.68. The van der Waals surface area contributed by atoms with Gasteiger partial charge in [-0.1, -0.05) is 13.8 Å². The third-order valence-electron chi connectivity index (χ3n) is 2.95. The van der Waals surface area contributed by atoms with E-state index in [1.54, 1.807) is 20.0 Å². The first-order valence-electron chi connectivity index (χ1n) is 6.95. The van der Waals surface area contributed by atoms with E-state index in [0.29, 0.717) is 6.42 Å². The fourth-order valence-corrected chi connectivity index (χ4v) is 1.86. The molecular weight excluding hydrogens is 272 g/mol. The SMILES string of the molecule is CC(=O)NCCC(=O)N[C@@H](Cc1cnc[nH]1)C(=O)C(C)C. The van der Waals surface area contributed by atoms with Crippen molar-refractivity contribution in [1.29, 1.82) is 0 Å². The van der Waals surface area contributed by atoms with Crippen molar-refractivity contribution in [2.24, 2.45) is 5.92 Å². The van der Waals surface area contributed by atoms with E-state index in [9.17, 15) is 14.4 Å². The Bertz CT molecular complexity index is 482. The number of hydrogen-bond acceptors (Lipinski definition) is 4. The van der Waals surface area contributed by atoms with Crippen LogP contribution in [0, 0.1) is 5.92 Å². The number of ketones is 1. The number of aromatic nitrogens is 2. The number of nitrogens with zero attached hydrogens (tertiary/aromatic N) is 1. The summed E-state index contributed by atoms with van der Waals surface area (Å²) in [5, 5.41) is 5.27. The Balaban J connectivity index is 2.58. The normalized spacial score (nSPS) is 12.0. The predicted molar refractivity (Wildman–Crippen MR) is 77.4 cm³/mol. The first-order valence-corrected chi connectivity index (χ1v) is 6.95. The Kier molecular flexibility index (Phi) is 6.58. The molecule has 0 bridgehead atoms. The van der Waals surface area contributed by atoms with Gasteiger partial charge in [-0.2, -0.15) is 0 Å². The van der Waals surface area contributed by atoms with Crippen LogP contribution < -0.4 is 10.6 Å². The lowest BCUT2D eigenvalue weighted by molar-refractivity contribution is -0.129.